The van der Waals surface area contributed by atoms with Gasteiger partial charge in [0.2, 0.25) is 5.91 Å². The number of nitrogens with one attached hydrogen (secondary N) is 1. The van der Waals surface area contributed by atoms with Crippen LogP contribution in [0.1, 0.15) is 13.3 Å². The van der Waals surface area contributed by atoms with E-state index in [-0.39, 0.29) is 11.3 Å². The van der Waals surface area contributed by atoms with Crippen LogP contribution < -0.4 is 5.32 Å². The highest BCUT2D eigenvalue weighted by Crippen LogP contribution is 2.27. The number of rotatable bonds is 3. The van der Waals surface area contributed by atoms with Crippen LogP contribution in [0.3, 0.4) is 0 Å². The topological polar surface area (TPSA) is 38.3 Å². The Hall–Kier alpha value is -0.830. The third-order valence-electron chi connectivity index (χ3n) is 2.17. The molecule has 3 nitrogen and oxygen atoms in total. The number of carbonyl (C=O) groups excluding carboxylic acids is 1. The molecule has 0 aromatic carbocycles. The zero-order chi connectivity index (χ0) is 9.03. The minimum atomic E-state index is -0.316. The first-order valence-electron chi connectivity index (χ1n) is 4.16. The van der Waals surface area contributed by atoms with Crippen LogP contribution in [0, 0.1) is 5.41 Å². The molecule has 0 aromatic heterocycles. The van der Waals surface area contributed by atoms with E-state index in [9.17, 15) is 4.79 Å². The molecule has 1 amide bonds. The molecule has 1 rings (SSSR count). The Kier molecular flexibility index (Phi) is 2.87. The van der Waals surface area contributed by atoms with E-state index < -0.39 is 0 Å². The van der Waals surface area contributed by atoms with Crippen LogP contribution in [-0.4, -0.2) is 25.7 Å². The first kappa shape index (κ1) is 9.26. The molecule has 1 fully saturated rings. The summed E-state index contributed by atoms with van der Waals surface area (Å²) >= 11 is 0. The lowest BCUT2D eigenvalue weighted by molar-refractivity contribution is -0.129. The summed E-state index contributed by atoms with van der Waals surface area (Å²) < 4.78 is 5.17. The van der Waals surface area contributed by atoms with E-state index in [2.05, 4.69) is 11.9 Å². The summed E-state index contributed by atoms with van der Waals surface area (Å²) in [6.07, 6.45) is 2.49. The van der Waals surface area contributed by atoms with Crippen molar-refractivity contribution in [1.29, 1.82) is 0 Å². The minimum Gasteiger partial charge on any atom is -0.380 e. The molecule has 1 atom stereocenters. The molecule has 1 N–H and O–H groups in total. The summed E-state index contributed by atoms with van der Waals surface area (Å²) in [6, 6.07) is 0. The Morgan fingerprint density at radius 3 is 3.08 bits per heavy atom. The SMILES string of the molecule is C=CCNC(=O)C1(C)CCOC1. The second-order valence-electron chi connectivity index (χ2n) is 3.36. The molecule has 1 saturated heterocycles. The lowest BCUT2D eigenvalue weighted by atomic mass is 9.89. The van der Waals surface area contributed by atoms with Crippen molar-refractivity contribution < 1.29 is 9.53 Å². The molecule has 3 heteroatoms. The van der Waals surface area contributed by atoms with Crippen LogP contribution in [0.15, 0.2) is 12.7 Å². The average molecular weight is 169 g/mol. The highest BCUT2D eigenvalue weighted by Gasteiger charge is 2.36. The van der Waals surface area contributed by atoms with Crippen LogP contribution in [0.5, 0.6) is 0 Å². The van der Waals surface area contributed by atoms with E-state index >= 15 is 0 Å². The number of hydrogen-bond acceptors (Lipinski definition) is 2. The van der Waals surface area contributed by atoms with Gasteiger partial charge in [-0.25, -0.2) is 0 Å². The van der Waals surface area contributed by atoms with Crippen molar-refractivity contribution in [2.24, 2.45) is 5.41 Å². The maximum absolute atomic E-state index is 11.5. The van der Waals surface area contributed by atoms with Crippen molar-refractivity contribution in [3.63, 3.8) is 0 Å². The van der Waals surface area contributed by atoms with Gasteiger partial charge < -0.3 is 10.1 Å². The van der Waals surface area contributed by atoms with E-state index in [0.29, 0.717) is 19.8 Å². The summed E-state index contributed by atoms with van der Waals surface area (Å²) in [5.74, 6) is 0.0694. The molecule has 0 bridgehead atoms. The molecule has 68 valence electrons. The standard InChI is InChI=1S/C9H15NO2/c1-3-5-10-8(11)9(2)4-6-12-7-9/h3H,1,4-7H2,2H3,(H,10,11). The molecule has 1 heterocycles. The van der Waals surface area contributed by atoms with E-state index in [0.717, 1.165) is 6.42 Å². The van der Waals surface area contributed by atoms with Crippen LogP contribution in [-0.2, 0) is 9.53 Å². The largest absolute Gasteiger partial charge is 0.380 e. The fourth-order valence-corrected chi connectivity index (χ4v) is 1.22. The zero-order valence-corrected chi connectivity index (χ0v) is 7.43. The number of hydrogen-bond donors (Lipinski definition) is 1. The highest BCUT2D eigenvalue weighted by atomic mass is 16.5. The van der Waals surface area contributed by atoms with E-state index in [4.69, 9.17) is 4.74 Å². The molecular formula is C9H15NO2. The monoisotopic (exact) mass is 169 g/mol. The Morgan fingerprint density at radius 1 is 1.83 bits per heavy atom. The maximum Gasteiger partial charge on any atom is 0.228 e. The van der Waals surface area contributed by atoms with Crippen LogP contribution in [0.25, 0.3) is 0 Å². The number of amides is 1. The van der Waals surface area contributed by atoms with Gasteiger partial charge >= 0.3 is 0 Å². The second kappa shape index (κ2) is 3.72. The van der Waals surface area contributed by atoms with Crippen LogP contribution in [0.4, 0.5) is 0 Å². The van der Waals surface area contributed by atoms with Gasteiger partial charge in [-0.05, 0) is 13.3 Å². The number of ether oxygens (including phenoxy) is 1. The molecule has 0 aliphatic carbocycles. The third-order valence-corrected chi connectivity index (χ3v) is 2.17. The summed E-state index contributed by atoms with van der Waals surface area (Å²) in [7, 11) is 0. The van der Waals surface area contributed by atoms with Gasteiger partial charge in [0.25, 0.3) is 0 Å². The van der Waals surface area contributed by atoms with Crippen molar-refractivity contribution in [2.75, 3.05) is 19.8 Å². The van der Waals surface area contributed by atoms with Crippen molar-refractivity contribution in [2.45, 2.75) is 13.3 Å². The van der Waals surface area contributed by atoms with Crippen molar-refractivity contribution in [3.05, 3.63) is 12.7 Å². The molecule has 0 saturated carbocycles. The van der Waals surface area contributed by atoms with Gasteiger partial charge in [0, 0.05) is 13.2 Å². The molecule has 0 aromatic rings. The molecule has 1 aliphatic heterocycles. The van der Waals surface area contributed by atoms with Gasteiger partial charge in [-0.3, -0.25) is 4.79 Å². The predicted molar refractivity (Wildman–Crippen MR) is 46.7 cm³/mol. The second-order valence-corrected chi connectivity index (χ2v) is 3.36. The van der Waals surface area contributed by atoms with Crippen molar-refractivity contribution in [1.82, 2.24) is 5.32 Å². The minimum absolute atomic E-state index is 0.0694. The molecule has 0 radical (unpaired) electrons. The summed E-state index contributed by atoms with van der Waals surface area (Å²) in [5, 5.41) is 2.78. The zero-order valence-electron chi connectivity index (χ0n) is 7.43. The normalized spacial score (nSPS) is 28.4. The van der Waals surface area contributed by atoms with Gasteiger partial charge in [-0.2, -0.15) is 0 Å². The fourth-order valence-electron chi connectivity index (χ4n) is 1.22. The Labute approximate surface area is 72.8 Å². The molecule has 0 spiro atoms. The van der Waals surface area contributed by atoms with Gasteiger partial charge in [-0.1, -0.05) is 6.08 Å². The van der Waals surface area contributed by atoms with Crippen molar-refractivity contribution in [3.8, 4) is 0 Å². The maximum atomic E-state index is 11.5. The van der Waals surface area contributed by atoms with E-state index in [1.54, 1.807) is 6.08 Å². The molecule has 1 unspecified atom stereocenters. The lowest BCUT2D eigenvalue weighted by Gasteiger charge is -2.19. The smallest absolute Gasteiger partial charge is 0.228 e. The van der Waals surface area contributed by atoms with Gasteiger partial charge in [0.1, 0.15) is 0 Å². The number of carbonyl (C=O) groups is 1. The Bertz CT molecular complexity index is 183. The van der Waals surface area contributed by atoms with Gasteiger partial charge in [-0.15, -0.1) is 6.58 Å². The molecule has 1 aliphatic rings. The first-order chi connectivity index (χ1) is 5.69. The van der Waals surface area contributed by atoms with E-state index in [1.165, 1.54) is 0 Å². The highest BCUT2D eigenvalue weighted by molar-refractivity contribution is 5.82. The van der Waals surface area contributed by atoms with Crippen molar-refractivity contribution >= 4 is 5.91 Å². The van der Waals surface area contributed by atoms with E-state index in [1.807, 2.05) is 6.92 Å². The first-order valence-corrected chi connectivity index (χ1v) is 4.16. The fraction of sp³-hybridized carbons (Fsp3) is 0.667. The third kappa shape index (κ3) is 1.85. The van der Waals surface area contributed by atoms with Crippen LogP contribution in [0.2, 0.25) is 0 Å². The Balaban J connectivity index is 2.44. The summed E-state index contributed by atoms with van der Waals surface area (Å²) in [6.45, 7) is 7.23. The van der Waals surface area contributed by atoms with Crippen LogP contribution >= 0.6 is 0 Å². The molecular weight excluding hydrogens is 154 g/mol. The summed E-state index contributed by atoms with van der Waals surface area (Å²) in [5.41, 5.74) is -0.316. The Morgan fingerprint density at radius 2 is 2.58 bits per heavy atom. The quantitative estimate of drug-likeness (QED) is 0.632. The predicted octanol–water partition coefficient (Wildman–Crippen LogP) is 0.715. The summed E-state index contributed by atoms with van der Waals surface area (Å²) in [4.78, 5) is 11.5. The molecule has 12 heavy (non-hydrogen) atoms. The average Bonchev–Trinajstić information content (AvgIpc) is 2.49. The van der Waals surface area contributed by atoms with Gasteiger partial charge in [0.15, 0.2) is 0 Å². The lowest BCUT2D eigenvalue weighted by Crippen LogP contribution is -2.39. The van der Waals surface area contributed by atoms with Gasteiger partial charge in [0.05, 0.1) is 12.0 Å².